The minimum absolute atomic E-state index is 0.0721. The minimum atomic E-state index is -4.53. The van der Waals surface area contributed by atoms with Crippen molar-refractivity contribution < 1.29 is 16.8 Å². The predicted molar refractivity (Wildman–Crippen MR) is 117 cm³/mol. The summed E-state index contributed by atoms with van der Waals surface area (Å²) in [6, 6.07) is 4.47. The first-order valence-electron chi connectivity index (χ1n) is 9.71. The smallest absolute Gasteiger partial charge is 0.240 e. The number of H-pyrrole nitrogens is 1. The molecule has 4 heterocycles. The Morgan fingerprint density at radius 3 is 2.52 bits per heavy atom. The van der Waals surface area contributed by atoms with Crippen LogP contribution in [0.1, 0.15) is 0 Å². The van der Waals surface area contributed by atoms with Gasteiger partial charge in [-0.1, -0.05) is 6.07 Å². The lowest BCUT2D eigenvalue weighted by atomic mass is 10.0. The van der Waals surface area contributed by atoms with E-state index in [9.17, 15) is 16.8 Å². The van der Waals surface area contributed by atoms with E-state index in [1.54, 1.807) is 31.1 Å². The molecule has 1 aliphatic heterocycles. The number of nitrogens with zero attached hydrogens (tertiary/aromatic N) is 7. The molecule has 0 aliphatic carbocycles. The van der Waals surface area contributed by atoms with Crippen LogP contribution in [0.5, 0.6) is 0 Å². The Labute approximate surface area is 188 Å². The third-order valence-corrected chi connectivity index (χ3v) is 8.86. The molecule has 172 valence electrons. The quantitative estimate of drug-likeness (QED) is 0.372. The average Bonchev–Trinajstić information content (AvgIpc) is 3.39. The van der Waals surface area contributed by atoms with Crippen LogP contribution in [0.3, 0.4) is 0 Å². The first kappa shape index (κ1) is 21.6. The number of aromatic amines is 1. The second kappa shape index (κ2) is 7.38. The fraction of sp³-hybridized carbons (Fsp3) is 0.278. The number of aryl methyl sites for hydroxylation is 1. The van der Waals surface area contributed by atoms with Gasteiger partial charge in [-0.15, -0.1) is 10.2 Å². The van der Waals surface area contributed by atoms with Gasteiger partial charge in [0.2, 0.25) is 15.8 Å². The van der Waals surface area contributed by atoms with Crippen LogP contribution in [0.4, 0.5) is 0 Å². The van der Waals surface area contributed by atoms with Crippen LogP contribution >= 0.6 is 0 Å². The van der Waals surface area contributed by atoms with Gasteiger partial charge in [-0.2, -0.15) is 5.21 Å². The highest BCUT2D eigenvalue weighted by Crippen LogP contribution is 2.40. The van der Waals surface area contributed by atoms with Crippen LogP contribution in [-0.4, -0.2) is 82.3 Å². The maximum absolute atomic E-state index is 13.3. The Kier molecular flexibility index (Phi) is 4.82. The van der Waals surface area contributed by atoms with Crippen LogP contribution in [0.2, 0.25) is 0 Å². The molecule has 13 nitrogen and oxygen atoms in total. The Hall–Kier alpha value is -3.27. The number of likely N-dealkylation sites (tertiary alicyclic amines) is 1. The van der Waals surface area contributed by atoms with E-state index < -0.39 is 34.9 Å². The van der Waals surface area contributed by atoms with Crippen molar-refractivity contribution in [1.29, 1.82) is 0 Å². The second-order valence-electron chi connectivity index (χ2n) is 7.91. The number of rotatable bonds is 5. The molecular formula is C18H19N9O4S2. The molecule has 15 heteroatoms. The van der Waals surface area contributed by atoms with E-state index in [1.807, 2.05) is 4.90 Å². The van der Waals surface area contributed by atoms with Gasteiger partial charge in [0.15, 0.2) is 15.5 Å². The van der Waals surface area contributed by atoms with Crippen LogP contribution < -0.4 is 5.14 Å². The summed E-state index contributed by atoms with van der Waals surface area (Å²) in [5, 5.41) is 18.4. The maximum Gasteiger partial charge on any atom is 0.240 e. The van der Waals surface area contributed by atoms with E-state index in [1.165, 1.54) is 18.3 Å². The normalized spacial score (nSPS) is 15.7. The molecule has 0 radical (unpaired) electrons. The van der Waals surface area contributed by atoms with Crippen LogP contribution in [-0.2, 0) is 26.9 Å². The molecule has 0 bridgehead atoms. The molecule has 3 aromatic heterocycles. The van der Waals surface area contributed by atoms with E-state index in [0.29, 0.717) is 22.3 Å². The molecule has 33 heavy (non-hydrogen) atoms. The van der Waals surface area contributed by atoms with Gasteiger partial charge in [0, 0.05) is 31.9 Å². The van der Waals surface area contributed by atoms with Crippen molar-refractivity contribution >= 4 is 31.0 Å². The molecule has 1 aromatic carbocycles. The molecule has 0 spiro atoms. The fourth-order valence-corrected chi connectivity index (χ4v) is 7.39. The third-order valence-electron chi connectivity index (χ3n) is 5.61. The third kappa shape index (κ3) is 3.49. The average molecular weight is 490 g/mol. The second-order valence-corrected chi connectivity index (χ2v) is 11.6. The molecule has 0 unspecified atom stereocenters. The Balaban J connectivity index is 1.83. The fourth-order valence-electron chi connectivity index (χ4n) is 3.98. The van der Waals surface area contributed by atoms with Gasteiger partial charge >= 0.3 is 0 Å². The predicted octanol–water partition coefficient (Wildman–Crippen LogP) is -0.449. The van der Waals surface area contributed by atoms with E-state index in [-0.39, 0.29) is 24.5 Å². The molecule has 1 aliphatic rings. The van der Waals surface area contributed by atoms with Gasteiger partial charge < -0.3 is 9.47 Å². The monoisotopic (exact) mass is 489 g/mol. The van der Waals surface area contributed by atoms with Crippen molar-refractivity contribution in [2.45, 2.75) is 15.0 Å². The highest BCUT2D eigenvalue weighted by atomic mass is 32.2. The van der Waals surface area contributed by atoms with Crippen LogP contribution in [0.25, 0.3) is 33.7 Å². The lowest BCUT2D eigenvalue weighted by Crippen LogP contribution is -2.52. The summed E-state index contributed by atoms with van der Waals surface area (Å²) in [5.74, 6) is -0.113. The van der Waals surface area contributed by atoms with Crippen molar-refractivity contribution in [2.75, 3.05) is 20.1 Å². The van der Waals surface area contributed by atoms with Gasteiger partial charge in [0.25, 0.3) is 0 Å². The zero-order chi connectivity index (χ0) is 23.5. The first-order valence-corrected chi connectivity index (χ1v) is 12.8. The lowest BCUT2D eigenvalue weighted by molar-refractivity contribution is 0.231. The Morgan fingerprint density at radius 1 is 1.12 bits per heavy atom. The number of nitrogens with two attached hydrogens (primary N) is 1. The van der Waals surface area contributed by atoms with Gasteiger partial charge in [-0.25, -0.2) is 31.9 Å². The summed E-state index contributed by atoms with van der Waals surface area (Å²) >= 11 is 0. The van der Waals surface area contributed by atoms with Crippen molar-refractivity contribution in [3.8, 4) is 22.5 Å². The number of benzene rings is 1. The van der Waals surface area contributed by atoms with E-state index in [2.05, 4.69) is 30.6 Å². The van der Waals surface area contributed by atoms with E-state index in [0.717, 1.165) is 0 Å². The number of sulfonamides is 1. The van der Waals surface area contributed by atoms with Crippen LogP contribution in [0.15, 0.2) is 40.5 Å². The number of primary sulfonamides is 1. The van der Waals surface area contributed by atoms with Crippen molar-refractivity contribution in [3.63, 3.8) is 0 Å². The summed E-state index contributed by atoms with van der Waals surface area (Å²) in [5.41, 5.74) is 1.93. The molecule has 0 saturated carbocycles. The molecule has 3 N–H and O–H groups in total. The lowest BCUT2D eigenvalue weighted by Gasteiger charge is -2.35. The molecule has 0 atom stereocenters. The number of sulfone groups is 1. The molecule has 0 amide bonds. The molecule has 1 saturated heterocycles. The number of aromatic nitrogens is 7. The zero-order valence-corrected chi connectivity index (χ0v) is 19.2. The standard InChI is InChI=1S/C18H19N9O4S2/c1-26-7-11(8-26)32(28,29)14-4-3-12(10-5-13-18(20-6-10)27(2)9-21-13)15(16(14)33(19,30)31)17-22-24-25-23-17/h3-6,9,11H,7-8H2,1-2H3,(H2,19,30,31)(H,22,23,24,25). The van der Waals surface area contributed by atoms with Gasteiger partial charge in [-0.3, -0.25) is 0 Å². The summed E-state index contributed by atoms with van der Waals surface area (Å²) in [4.78, 5) is 9.53. The SMILES string of the molecule is CN1CC(S(=O)(=O)c2ccc(-c3cnc4c(c3)ncn4C)c(-c3nn[nH]n3)c2S(N)(=O)=O)C1. The van der Waals surface area contributed by atoms with Crippen molar-refractivity contribution in [3.05, 3.63) is 30.7 Å². The van der Waals surface area contributed by atoms with E-state index >= 15 is 0 Å². The largest absolute Gasteiger partial charge is 0.318 e. The topological polar surface area (TPSA) is 183 Å². The number of fused-ring (bicyclic) bond motifs is 1. The van der Waals surface area contributed by atoms with Gasteiger partial charge in [0.05, 0.1) is 22.0 Å². The van der Waals surface area contributed by atoms with Gasteiger partial charge in [0.1, 0.15) is 10.4 Å². The summed E-state index contributed by atoms with van der Waals surface area (Å²) in [6.45, 7) is 0.567. The minimum Gasteiger partial charge on any atom is -0.318 e. The molecule has 4 aromatic rings. The number of tetrazole rings is 1. The molecular weight excluding hydrogens is 470 g/mol. The number of hydrogen-bond acceptors (Lipinski definition) is 10. The zero-order valence-electron chi connectivity index (χ0n) is 17.5. The summed E-state index contributed by atoms with van der Waals surface area (Å²) in [6.07, 6.45) is 3.13. The number of hydrogen-bond donors (Lipinski definition) is 2. The van der Waals surface area contributed by atoms with E-state index in [4.69, 9.17) is 5.14 Å². The Morgan fingerprint density at radius 2 is 1.88 bits per heavy atom. The van der Waals surface area contributed by atoms with Gasteiger partial charge in [-0.05, 0) is 30.0 Å². The number of imidazole rings is 1. The van der Waals surface area contributed by atoms with Crippen LogP contribution in [0, 0.1) is 0 Å². The maximum atomic E-state index is 13.3. The first-order chi connectivity index (χ1) is 15.6. The highest BCUT2D eigenvalue weighted by Gasteiger charge is 2.40. The number of pyridine rings is 1. The highest BCUT2D eigenvalue weighted by molar-refractivity contribution is 7.94. The number of nitrogens with one attached hydrogen (secondary N) is 1. The molecule has 1 fully saturated rings. The Bertz CT molecular complexity index is 1590. The van der Waals surface area contributed by atoms with Crippen molar-refractivity contribution in [2.24, 2.45) is 12.2 Å². The molecule has 5 rings (SSSR count). The van der Waals surface area contributed by atoms with Crippen molar-refractivity contribution in [1.82, 2.24) is 40.1 Å². The summed E-state index contributed by atoms with van der Waals surface area (Å²) < 4.78 is 54.0. The summed E-state index contributed by atoms with van der Waals surface area (Å²) in [7, 11) is -4.97.